The first kappa shape index (κ1) is 18.1. The summed E-state index contributed by atoms with van der Waals surface area (Å²) in [5, 5.41) is 4.59. The summed E-state index contributed by atoms with van der Waals surface area (Å²) in [6.45, 7) is 8.48. The maximum Gasteiger partial charge on any atom is 0.259 e. The lowest BCUT2D eigenvalue weighted by atomic mass is 10.2. The minimum atomic E-state index is -3.61. The second-order valence-electron chi connectivity index (χ2n) is 7.03. The Kier molecular flexibility index (Phi) is 5.26. The van der Waals surface area contributed by atoms with E-state index < -0.39 is 10.0 Å². The van der Waals surface area contributed by atoms with Crippen molar-refractivity contribution in [2.75, 3.05) is 13.1 Å². The number of sulfonamides is 1. The summed E-state index contributed by atoms with van der Waals surface area (Å²) >= 11 is 0. The van der Waals surface area contributed by atoms with Gasteiger partial charge in [0.15, 0.2) is 5.03 Å². The van der Waals surface area contributed by atoms with Crippen LogP contribution in [0.1, 0.15) is 31.7 Å². The lowest BCUT2D eigenvalue weighted by Gasteiger charge is -2.21. The fraction of sp³-hybridized carbons (Fsp3) is 0.625. The molecule has 1 aliphatic rings. The molecule has 3 heterocycles. The second kappa shape index (κ2) is 7.27. The Bertz CT molecular complexity index is 824. The van der Waals surface area contributed by atoms with Crippen LogP contribution in [0.4, 0.5) is 0 Å². The van der Waals surface area contributed by atoms with Gasteiger partial charge in [-0.25, -0.2) is 18.1 Å². The number of hydrogen-bond donors (Lipinski definition) is 1. The second-order valence-corrected chi connectivity index (χ2v) is 8.75. The van der Waals surface area contributed by atoms with Crippen molar-refractivity contribution >= 4 is 10.0 Å². The molecule has 8 nitrogen and oxygen atoms in total. The number of aryl methyl sites for hydroxylation is 2. The maximum absolute atomic E-state index is 12.3. The molecule has 0 spiro atoms. The molecule has 0 saturated carbocycles. The molecule has 0 bridgehead atoms. The van der Waals surface area contributed by atoms with Crippen molar-refractivity contribution in [1.29, 1.82) is 0 Å². The molecule has 0 radical (unpaired) electrons. The van der Waals surface area contributed by atoms with Gasteiger partial charge in [-0.05, 0) is 18.4 Å². The fourth-order valence-electron chi connectivity index (χ4n) is 3.12. The minimum absolute atomic E-state index is 0.0267. The van der Waals surface area contributed by atoms with Gasteiger partial charge >= 0.3 is 0 Å². The molecular formula is C16H26N6O2S. The number of imidazole rings is 1. The zero-order chi connectivity index (χ0) is 18.0. The third-order valence-electron chi connectivity index (χ3n) is 4.17. The average Bonchev–Trinajstić information content (AvgIpc) is 3.08. The van der Waals surface area contributed by atoms with Crippen molar-refractivity contribution < 1.29 is 8.42 Å². The topological polar surface area (TPSA) is 85.0 Å². The smallest absolute Gasteiger partial charge is 0.259 e. The average molecular weight is 366 g/mol. The number of rotatable bonds is 6. The Balaban J connectivity index is 1.67. The molecule has 3 rings (SSSR count). The van der Waals surface area contributed by atoms with Crippen LogP contribution >= 0.6 is 0 Å². The molecule has 1 N–H and O–H groups in total. The summed E-state index contributed by atoms with van der Waals surface area (Å²) in [7, 11) is -1.88. The number of aromatic nitrogens is 4. The molecule has 2 aromatic rings. The van der Waals surface area contributed by atoms with Gasteiger partial charge in [-0.15, -0.1) is 0 Å². The predicted molar refractivity (Wildman–Crippen MR) is 94.2 cm³/mol. The molecule has 1 aliphatic heterocycles. The first-order valence-corrected chi connectivity index (χ1v) is 10.1. The van der Waals surface area contributed by atoms with Crippen molar-refractivity contribution in [2.45, 2.75) is 44.9 Å². The number of nitrogens with zero attached hydrogens (tertiary/aromatic N) is 5. The minimum Gasteiger partial charge on any atom is -0.339 e. The van der Waals surface area contributed by atoms with E-state index in [0.29, 0.717) is 5.92 Å². The van der Waals surface area contributed by atoms with E-state index in [1.165, 1.54) is 12.5 Å². The third kappa shape index (κ3) is 4.47. The summed E-state index contributed by atoms with van der Waals surface area (Å²) in [5.74, 6) is 0.624. The van der Waals surface area contributed by atoms with Crippen molar-refractivity contribution in [1.82, 2.24) is 29.0 Å². The SMILES string of the molecule is CC(C)CN1CCCn2nc(CNS(=O)(=O)c3cn(C)cn3)cc2C1. The van der Waals surface area contributed by atoms with E-state index >= 15 is 0 Å². The first-order chi connectivity index (χ1) is 11.8. The molecular weight excluding hydrogens is 340 g/mol. The molecule has 0 aromatic carbocycles. The molecule has 9 heteroatoms. The summed E-state index contributed by atoms with van der Waals surface area (Å²) in [6.07, 6.45) is 4.01. The first-order valence-electron chi connectivity index (χ1n) is 8.59. The van der Waals surface area contributed by atoms with Gasteiger partial charge in [0, 0.05) is 39.4 Å². The highest BCUT2D eigenvalue weighted by Gasteiger charge is 2.20. The standard InChI is InChI=1S/C16H26N6O2S/c1-13(2)9-21-5-4-6-22-15(10-21)7-14(19-22)8-18-25(23,24)16-11-20(3)12-17-16/h7,11-13,18H,4-6,8-10H2,1-3H3. The molecule has 25 heavy (non-hydrogen) atoms. The molecule has 2 aromatic heterocycles. The van der Waals surface area contributed by atoms with E-state index in [1.54, 1.807) is 11.6 Å². The van der Waals surface area contributed by atoms with Crippen LogP contribution in [-0.4, -0.2) is 45.7 Å². The van der Waals surface area contributed by atoms with Crippen LogP contribution in [0.15, 0.2) is 23.6 Å². The molecule has 0 fully saturated rings. The highest BCUT2D eigenvalue weighted by atomic mass is 32.2. The maximum atomic E-state index is 12.3. The number of nitrogens with one attached hydrogen (secondary N) is 1. The zero-order valence-corrected chi connectivity index (χ0v) is 15.8. The monoisotopic (exact) mass is 366 g/mol. The molecule has 0 atom stereocenters. The zero-order valence-electron chi connectivity index (χ0n) is 15.0. The molecule has 0 amide bonds. The van der Waals surface area contributed by atoms with E-state index in [0.717, 1.165) is 44.0 Å². The fourth-order valence-corrected chi connectivity index (χ4v) is 4.09. The molecule has 138 valence electrons. The van der Waals surface area contributed by atoms with Crippen LogP contribution in [0, 0.1) is 5.92 Å². The van der Waals surface area contributed by atoms with Gasteiger partial charge in [0.25, 0.3) is 10.0 Å². The van der Waals surface area contributed by atoms with Crippen LogP contribution < -0.4 is 4.72 Å². The Morgan fingerprint density at radius 2 is 2.12 bits per heavy atom. The molecule has 0 saturated heterocycles. The highest BCUT2D eigenvalue weighted by Crippen LogP contribution is 2.15. The van der Waals surface area contributed by atoms with Gasteiger partial charge < -0.3 is 4.57 Å². The van der Waals surface area contributed by atoms with E-state index in [2.05, 4.69) is 33.6 Å². The van der Waals surface area contributed by atoms with Crippen molar-refractivity contribution in [2.24, 2.45) is 13.0 Å². The largest absolute Gasteiger partial charge is 0.339 e. The Morgan fingerprint density at radius 1 is 1.32 bits per heavy atom. The Morgan fingerprint density at radius 3 is 2.80 bits per heavy atom. The van der Waals surface area contributed by atoms with Crippen molar-refractivity contribution in [3.05, 3.63) is 30.0 Å². The summed E-state index contributed by atoms with van der Waals surface area (Å²) < 4.78 is 30.7. The van der Waals surface area contributed by atoms with Crippen LogP contribution in [0.3, 0.4) is 0 Å². The van der Waals surface area contributed by atoms with E-state index in [9.17, 15) is 8.42 Å². The molecule has 0 aliphatic carbocycles. The van der Waals surface area contributed by atoms with Gasteiger partial charge in [0.05, 0.1) is 24.3 Å². The van der Waals surface area contributed by atoms with Gasteiger partial charge in [-0.1, -0.05) is 13.8 Å². The van der Waals surface area contributed by atoms with Gasteiger partial charge in [0.1, 0.15) is 0 Å². The third-order valence-corrected chi connectivity index (χ3v) is 5.45. The predicted octanol–water partition coefficient (Wildman–Crippen LogP) is 0.957. The number of hydrogen-bond acceptors (Lipinski definition) is 5. The van der Waals surface area contributed by atoms with E-state index in [1.807, 2.05) is 10.7 Å². The summed E-state index contributed by atoms with van der Waals surface area (Å²) in [4.78, 5) is 6.33. The van der Waals surface area contributed by atoms with Gasteiger partial charge in [-0.2, -0.15) is 5.10 Å². The van der Waals surface area contributed by atoms with E-state index in [-0.39, 0.29) is 11.6 Å². The lowest BCUT2D eigenvalue weighted by Crippen LogP contribution is -2.27. The molecule has 0 unspecified atom stereocenters. The Labute approximate surface area is 148 Å². The van der Waals surface area contributed by atoms with Crippen LogP contribution in [-0.2, 0) is 36.7 Å². The van der Waals surface area contributed by atoms with E-state index in [4.69, 9.17) is 0 Å². The lowest BCUT2D eigenvalue weighted by molar-refractivity contribution is 0.239. The normalized spacial score (nSPS) is 16.2. The highest BCUT2D eigenvalue weighted by molar-refractivity contribution is 7.89. The van der Waals surface area contributed by atoms with Crippen molar-refractivity contribution in [3.63, 3.8) is 0 Å². The van der Waals surface area contributed by atoms with Crippen LogP contribution in [0.5, 0.6) is 0 Å². The van der Waals surface area contributed by atoms with Crippen molar-refractivity contribution in [3.8, 4) is 0 Å². The van der Waals surface area contributed by atoms with Gasteiger partial charge in [-0.3, -0.25) is 9.58 Å². The Hall–Kier alpha value is -1.71. The summed E-state index contributed by atoms with van der Waals surface area (Å²) in [5.41, 5.74) is 1.88. The van der Waals surface area contributed by atoms with Crippen LogP contribution in [0.2, 0.25) is 0 Å². The summed E-state index contributed by atoms with van der Waals surface area (Å²) in [6, 6.07) is 2.00. The van der Waals surface area contributed by atoms with Gasteiger partial charge in [0.2, 0.25) is 0 Å². The number of fused-ring (bicyclic) bond motifs is 1. The quantitative estimate of drug-likeness (QED) is 0.823. The van der Waals surface area contributed by atoms with Crippen LogP contribution in [0.25, 0.3) is 0 Å².